The Balaban J connectivity index is 1.39. The summed E-state index contributed by atoms with van der Waals surface area (Å²) in [6.07, 6.45) is 15.2. The zero-order chi connectivity index (χ0) is 25.2. The van der Waals surface area contributed by atoms with Crippen molar-refractivity contribution in [2.24, 2.45) is 11.3 Å². The number of carboxylic acids is 1. The van der Waals surface area contributed by atoms with E-state index in [1.165, 1.54) is 31.2 Å². The fourth-order valence-electron chi connectivity index (χ4n) is 6.90. The van der Waals surface area contributed by atoms with Crippen LogP contribution >= 0.6 is 15.9 Å². The molecule has 0 heterocycles. The summed E-state index contributed by atoms with van der Waals surface area (Å²) in [6, 6.07) is 16.7. The first-order valence-corrected chi connectivity index (χ1v) is 14.3. The summed E-state index contributed by atoms with van der Waals surface area (Å²) in [4.78, 5) is 27.1. The van der Waals surface area contributed by atoms with Crippen molar-refractivity contribution >= 4 is 39.6 Å². The Morgan fingerprint density at radius 3 is 2.25 bits per heavy atom. The van der Waals surface area contributed by atoms with Gasteiger partial charge in [-0.05, 0) is 104 Å². The third-order valence-corrected chi connectivity index (χ3v) is 9.70. The first kappa shape index (κ1) is 25.3. The minimum Gasteiger partial charge on any atom is -0.478 e. The lowest BCUT2D eigenvalue weighted by Crippen LogP contribution is -2.51. The molecule has 2 bridgehead atoms. The summed E-state index contributed by atoms with van der Waals surface area (Å²) < 4.78 is 1.13. The lowest BCUT2D eigenvalue weighted by atomic mass is 9.51. The molecule has 36 heavy (non-hydrogen) atoms. The van der Waals surface area contributed by atoms with Crippen LogP contribution in [0.15, 0.2) is 59.1 Å². The molecule has 0 atom stereocenters. The van der Waals surface area contributed by atoms with Crippen molar-refractivity contribution in [1.82, 2.24) is 0 Å². The molecule has 2 aromatic rings. The Bertz CT molecular complexity index is 1110. The number of aliphatic carboxylic acids is 1. The van der Waals surface area contributed by atoms with Crippen LogP contribution in [0.4, 0.5) is 5.69 Å². The van der Waals surface area contributed by atoms with Crippen LogP contribution < -0.4 is 4.90 Å². The van der Waals surface area contributed by atoms with E-state index in [0.717, 1.165) is 73.3 Å². The molecule has 0 aromatic heterocycles. The van der Waals surface area contributed by atoms with Gasteiger partial charge < -0.3 is 10.0 Å². The fourth-order valence-corrected chi connectivity index (χ4v) is 7.17. The van der Waals surface area contributed by atoms with Gasteiger partial charge in [0.15, 0.2) is 0 Å². The number of rotatable bonds is 7. The maximum atomic E-state index is 13.9. The summed E-state index contributed by atoms with van der Waals surface area (Å²) in [5, 5.41) is 9.06. The monoisotopic (exact) mass is 549 g/mol. The van der Waals surface area contributed by atoms with E-state index in [1.807, 2.05) is 24.3 Å². The van der Waals surface area contributed by atoms with Gasteiger partial charge in [-0.15, -0.1) is 0 Å². The van der Waals surface area contributed by atoms with E-state index in [0.29, 0.717) is 0 Å². The Kier molecular flexibility index (Phi) is 7.39. The van der Waals surface area contributed by atoms with Gasteiger partial charge in [0.05, 0.1) is 0 Å². The molecule has 1 amide bonds. The zero-order valence-electron chi connectivity index (χ0n) is 20.9. The molecule has 4 fully saturated rings. The molecule has 0 unspecified atom stereocenters. The standard InChI is InChI=1S/C31H36BrNO3/c32-26-12-10-25(11-13-26)31-18-15-30(16-19-31,17-20-31)22-33(29(36)24-6-2-1-3-7-24)27-8-4-5-23(21-27)9-14-28(34)35/h4-5,8-14,21,24H,1-3,6-7,15-20,22H2,(H,34,35)/b14-9+. The smallest absolute Gasteiger partial charge is 0.328 e. The van der Waals surface area contributed by atoms with Gasteiger partial charge in [0, 0.05) is 28.7 Å². The molecule has 0 aliphatic heterocycles. The average Bonchev–Trinajstić information content (AvgIpc) is 2.92. The molecule has 1 N–H and O–H groups in total. The van der Waals surface area contributed by atoms with Gasteiger partial charge in [-0.25, -0.2) is 4.79 Å². The van der Waals surface area contributed by atoms with Gasteiger partial charge in [0.1, 0.15) is 0 Å². The van der Waals surface area contributed by atoms with Crippen molar-refractivity contribution in [2.75, 3.05) is 11.4 Å². The Labute approximate surface area is 222 Å². The van der Waals surface area contributed by atoms with Crippen molar-refractivity contribution in [2.45, 2.75) is 76.0 Å². The number of hydrogen-bond donors (Lipinski definition) is 1. The molecule has 4 aliphatic carbocycles. The summed E-state index contributed by atoms with van der Waals surface area (Å²) >= 11 is 3.57. The van der Waals surface area contributed by atoms with Gasteiger partial charge in [0.2, 0.25) is 5.91 Å². The molecule has 2 aromatic carbocycles. The van der Waals surface area contributed by atoms with Crippen LogP contribution in [-0.2, 0) is 15.0 Å². The minimum absolute atomic E-state index is 0.0994. The number of benzene rings is 2. The topological polar surface area (TPSA) is 57.6 Å². The first-order valence-electron chi connectivity index (χ1n) is 13.5. The van der Waals surface area contributed by atoms with Crippen LogP contribution in [0.1, 0.15) is 81.8 Å². The second-order valence-corrected chi connectivity index (χ2v) is 12.2. The van der Waals surface area contributed by atoms with Crippen LogP contribution in [-0.4, -0.2) is 23.5 Å². The molecule has 0 saturated heterocycles. The van der Waals surface area contributed by atoms with Crippen LogP contribution in [0.2, 0.25) is 0 Å². The summed E-state index contributed by atoms with van der Waals surface area (Å²) in [6.45, 7) is 0.769. The second kappa shape index (κ2) is 10.5. The van der Waals surface area contributed by atoms with E-state index in [1.54, 1.807) is 6.08 Å². The number of amides is 1. The quantitative estimate of drug-likeness (QED) is 0.359. The lowest BCUT2D eigenvalue weighted by molar-refractivity contribution is -0.131. The summed E-state index contributed by atoms with van der Waals surface area (Å²) in [5.74, 6) is -0.603. The molecule has 4 saturated carbocycles. The highest BCUT2D eigenvalue weighted by Gasteiger charge is 2.50. The number of carbonyl (C=O) groups excluding carboxylic acids is 1. The number of nitrogens with zero attached hydrogens (tertiary/aromatic N) is 1. The van der Waals surface area contributed by atoms with E-state index in [2.05, 4.69) is 45.1 Å². The van der Waals surface area contributed by atoms with E-state index >= 15 is 0 Å². The van der Waals surface area contributed by atoms with E-state index in [9.17, 15) is 9.59 Å². The third-order valence-electron chi connectivity index (χ3n) is 9.17. The Morgan fingerprint density at radius 2 is 1.61 bits per heavy atom. The molecule has 6 rings (SSSR count). The highest BCUT2D eigenvalue weighted by molar-refractivity contribution is 9.10. The van der Waals surface area contributed by atoms with Crippen molar-refractivity contribution in [3.63, 3.8) is 0 Å². The third kappa shape index (κ3) is 5.32. The maximum absolute atomic E-state index is 13.9. The fraction of sp³-hybridized carbons (Fsp3) is 0.484. The Hall–Kier alpha value is -2.40. The van der Waals surface area contributed by atoms with Gasteiger partial charge in [-0.1, -0.05) is 59.5 Å². The number of fused-ring (bicyclic) bond motifs is 3. The minimum atomic E-state index is -0.965. The predicted octanol–water partition coefficient (Wildman–Crippen LogP) is 7.75. The van der Waals surface area contributed by atoms with Crippen molar-refractivity contribution < 1.29 is 14.7 Å². The summed E-state index contributed by atoms with van der Waals surface area (Å²) in [7, 11) is 0. The second-order valence-electron chi connectivity index (χ2n) is 11.3. The summed E-state index contributed by atoms with van der Waals surface area (Å²) in [5.41, 5.74) is 3.63. The van der Waals surface area contributed by atoms with Crippen LogP contribution in [0.3, 0.4) is 0 Å². The highest BCUT2D eigenvalue weighted by atomic mass is 79.9. The van der Waals surface area contributed by atoms with Crippen molar-refractivity contribution in [3.05, 3.63) is 70.2 Å². The maximum Gasteiger partial charge on any atom is 0.328 e. The van der Waals surface area contributed by atoms with Crippen molar-refractivity contribution in [1.29, 1.82) is 0 Å². The molecule has 0 radical (unpaired) electrons. The number of halogens is 1. The van der Waals surface area contributed by atoms with E-state index in [4.69, 9.17) is 5.11 Å². The molecule has 5 heteroatoms. The van der Waals surface area contributed by atoms with Gasteiger partial charge in [0.25, 0.3) is 0 Å². The number of anilines is 1. The zero-order valence-corrected chi connectivity index (χ0v) is 22.5. The van der Waals surface area contributed by atoms with Crippen LogP contribution in [0.25, 0.3) is 6.08 Å². The van der Waals surface area contributed by atoms with Gasteiger partial charge in [-0.3, -0.25) is 4.79 Å². The molecule has 4 nitrogen and oxygen atoms in total. The van der Waals surface area contributed by atoms with E-state index < -0.39 is 5.97 Å². The first-order chi connectivity index (χ1) is 17.4. The molecular weight excluding hydrogens is 514 g/mol. The van der Waals surface area contributed by atoms with Crippen LogP contribution in [0.5, 0.6) is 0 Å². The van der Waals surface area contributed by atoms with Crippen molar-refractivity contribution in [3.8, 4) is 0 Å². The SMILES string of the molecule is O=C(O)/C=C/c1cccc(N(CC23CCC(c4ccc(Br)cc4)(CC2)CC3)C(=O)C2CCCCC2)c1. The average molecular weight is 551 g/mol. The van der Waals surface area contributed by atoms with E-state index in [-0.39, 0.29) is 22.7 Å². The molecule has 0 spiro atoms. The Morgan fingerprint density at radius 1 is 0.944 bits per heavy atom. The number of carbonyl (C=O) groups is 2. The van der Waals surface area contributed by atoms with Gasteiger partial charge >= 0.3 is 5.97 Å². The normalized spacial score (nSPS) is 26.2. The van der Waals surface area contributed by atoms with Crippen LogP contribution in [0, 0.1) is 11.3 Å². The number of carboxylic acid groups (broad SMARTS) is 1. The highest BCUT2D eigenvalue weighted by Crippen LogP contribution is 2.58. The molecule has 190 valence electrons. The largest absolute Gasteiger partial charge is 0.478 e. The molecular formula is C31H36BrNO3. The lowest BCUT2D eigenvalue weighted by Gasteiger charge is -2.55. The predicted molar refractivity (Wildman–Crippen MR) is 148 cm³/mol. The number of hydrogen-bond acceptors (Lipinski definition) is 2. The molecule has 4 aliphatic rings. The van der Waals surface area contributed by atoms with Gasteiger partial charge in [-0.2, -0.15) is 0 Å².